The van der Waals surface area contributed by atoms with Crippen LogP contribution in [0.4, 0.5) is 0 Å². The summed E-state index contributed by atoms with van der Waals surface area (Å²) in [5.41, 5.74) is 1.27. The summed E-state index contributed by atoms with van der Waals surface area (Å²) in [4.78, 5) is 28.9. The van der Waals surface area contributed by atoms with Crippen molar-refractivity contribution in [1.82, 2.24) is 9.80 Å². The molecule has 5 heteroatoms. The van der Waals surface area contributed by atoms with E-state index in [1.165, 1.54) is 5.56 Å². The van der Waals surface area contributed by atoms with Gasteiger partial charge < -0.3 is 9.80 Å². The van der Waals surface area contributed by atoms with Gasteiger partial charge in [-0.15, -0.1) is 11.8 Å². The molecule has 1 aromatic carbocycles. The quantitative estimate of drug-likeness (QED) is 0.683. The molecule has 1 spiro atoms. The Morgan fingerprint density at radius 2 is 1.88 bits per heavy atom. The molecule has 4 nitrogen and oxygen atoms in total. The van der Waals surface area contributed by atoms with E-state index < -0.39 is 0 Å². The van der Waals surface area contributed by atoms with Crippen LogP contribution in [0, 0.1) is 0 Å². The third kappa shape index (κ3) is 4.43. The molecule has 0 unspecified atom stereocenters. The molecule has 142 valence electrons. The van der Waals surface area contributed by atoms with Crippen LogP contribution in [0.5, 0.6) is 0 Å². The number of benzene rings is 1. The molecule has 0 bridgehead atoms. The predicted octanol–water partition coefficient (Wildman–Crippen LogP) is 3.70. The number of hydrogen-bond acceptors (Lipinski definition) is 3. The largest absolute Gasteiger partial charge is 0.342 e. The highest BCUT2D eigenvalue weighted by molar-refractivity contribution is 8.01. The molecule has 2 aliphatic heterocycles. The van der Waals surface area contributed by atoms with Crippen LogP contribution in [0.3, 0.4) is 0 Å². The number of hydrogen-bond donors (Lipinski definition) is 0. The van der Waals surface area contributed by atoms with E-state index in [2.05, 4.69) is 24.0 Å². The molecular weight excluding hydrogens is 344 g/mol. The summed E-state index contributed by atoms with van der Waals surface area (Å²) in [5.74, 6) is 1.13. The fourth-order valence-electron chi connectivity index (χ4n) is 4.00. The van der Waals surface area contributed by atoms with Crippen LogP contribution >= 0.6 is 11.8 Å². The Kier molecular flexibility index (Phi) is 6.63. The van der Waals surface area contributed by atoms with Crippen molar-refractivity contribution in [3.8, 4) is 0 Å². The minimum Gasteiger partial charge on any atom is -0.342 e. The van der Waals surface area contributed by atoms with Crippen LogP contribution in [0.2, 0.25) is 0 Å². The van der Waals surface area contributed by atoms with Crippen LogP contribution in [-0.2, 0) is 16.0 Å². The molecule has 26 heavy (non-hydrogen) atoms. The van der Waals surface area contributed by atoms with E-state index in [-0.39, 0.29) is 10.8 Å². The van der Waals surface area contributed by atoms with E-state index in [9.17, 15) is 9.59 Å². The first-order valence-corrected chi connectivity index (χ1v) is 10.9. The number of thioether (sulfide) groups is 1. The Morgan fingerprint density at radius 1 is 1.15 bits per heavy atom. The number of carbonyl (C=O) groups excluding carboxylic acids is 2. The minimum absolute atomic E-state index is 0.0912. The Balaban J connectivity index is 1.55. The molecule has 2 fully saturated rings. The molecule has 0 N–H and O–H groups in total. The second-order valence-electron chi connectivity index (χ2n) is 7.35. The molecule has 2 amide bonds. The number of amides is 2. The molecule has 0 saturated carbocycles. The average Bonchev–Trinajstić information content (AvgIpc) is 2.97. The zero-order chi connectivity index (χ0) is 18.4. The van der Waals surface area contributed by atoms with E-state index >= 15 is 0 Å². The number of unbranched alkanes of at least 4 members (excludes halogenated alkanes) is 2. The Morgan fingerprint density at radius 3 is 2.58 bits per heavy atom. The van der Waals surface area contributed by atoms with Gasteiger partial charge in [0.05, 0.1) is 10.6 Å². The highest BCUT2D eigenvalue weighted by atomic mass is 32.2. The van der Waals surface area contributed by atoms with E-state index in [0.717, 1.165) is 58.2 Å². The zero-order valence-electron chi connectivity index (χ0n) is 15.8. The Bertz CT molecular complexity index is 612. The van der Waals surface area contributed by atoms with E-state index in [0.29, 0.717) is 18.1 Å². The van der Waals surface area contributed by atoms with Crippen molar-refractivity contribution in [2.75, 3.05) is 25.4 Å². The summed E-state index contributed by atoms with van der Waals surface area (Å²) in [6.45, 7) is 4.51. The van der Waals surface area contributed by atoms with Crippen molar-refractivity contribution < 1.29 is 9.59 Å². The number of rotatable bonds is 7. The summed E-state index contributed by atoms with van der Waals surface area (Å²) in [6, 6.07) is 10.4. The van der Waals surface area contributed by atoms with Gasteiger partial charge >= 0.3 is 0 Å². The van der Waals surface area contributed by atoms with Gasteiger partial charge in [-0.25, -0.2) is 0 Å². The van der Waals surface area contributed by atoms with Crippen molar-refractivity contribution in [3.63, 3.8) is 0 Å². The van der Waals surface area contributed by atoms with Crippen molar-refractivity contribution in [1.29, 1.82) is 0 Å². The molecule has 0 aromatic heterocycles. The zero-order valence-corrected chi connectivity index (χ0v) is 16.6. The van der Waals surface area contributed by atoms with Gasteiger partial charge in [0.15, 0.2) is 0 Å². The Hall–Kier alpha value is -1.49. The van der Waals surface area contributed by atoms with Gasteiger partial charge in [-0.2, -0.15) is 0 Å². The first kappa shape index (κ1) is 19.3. The third-order valence-corrected chi connectivity index (χ3v) is 7.17. The number of carbonyl (C=O) groups is 2. The maximum absolute atomic E-state index is 12.5. The summed E-state index contributed by atoms with van der Waals surface area (Å²) < 4.78 is 0. The van der Waals surface area contributed by atoms with Gasteiger partial charge in [-0.1, -0.05) is 50.1 Å². The number of nitrogens with zero attached hydrogens (tertiary/aromatic N) is 2. The lowest BCUT2D eigenvalue weighted by Gasteiger charge is -2.44. The number of piperidine rings is 1. The molecule has 0 atom stereocenters. The van der Waals surface area contributed by atoms with Gasteiger partial charge in [0.1, 0.15) is 0 Å². The first-order chi connectivity index (χ1) is 12.6. The van der Waals surface area contributed by atoms with Gasteiger partial charge in [0.2, 0.25) is 11.8 Å². The summed E-state index contributed by atoms with van der Waals surface area (Å²) >= 11 is 1.79. The minimum atomic E-state index is -0.0912. The molecule has 0 radical (unpaired) electrons. The maximum Gasteiger partial charge on any atom is 0.233 e. The molecule has 2 aliphatic rings. The van der Waals surface area contributed by atoms with Crippen LogP contribution in [-0.4, -0.2) is 51.9 Å². The summed E-state index contributed by atoms with van der Waals surface area (Å²) in [7, 11) is 0. The SMILES string of the molecule is CCCCCC(=O)N1CCC2(CC1)SCC(=O)N2CCc1ccccc1. The van der Waals surface area contributed by atoms with Crippen molar-refractivity contribution in [2.24, 2.45) is 0 Å². The van der Waals surface area contributed by atoms with Crippen LogP contribution in [0.15, 0.2) is 30.3 Å². The van der Waals surface area contributed by atoms with Crippen molar-refractivity contribution >= 4 is 23.6 Å². The normalized spacial score (nSPS) is 19.3. The molecule has 1 aromatic rings. The van der Waals surface area contributed by atoms with Crippen LogP contribution in [0.25, 0.3) is 0 Å². The highest BCUT2D eigenvalue weighted by Crippen LogP contribution is 2.44. The Labute approximate surface area is 161 Å². The van der Waals surface area contributed by atoms with Gasteiger partial charge in [0.25, 0.3) is 0 Å². The lowest BCUT2D eigenvalue weighted by molar-refractivity contribution is -0.135. The fourth-order valence-corrected chi connectivity index (χ4v) is 5.37. The smallest absolute Gasteiger partial charge is 0.233 e. The van der Waals surface area contributed by atoms with E-state index in [4.69, 9.17) is 0 Å². The van der Waals surface area contributed by atoms with Gasteiger partial charge in [0, 0.05) is 26.1 Å². The molecule has 2 heterocycles. The predicted molar refractivity (Wildman–Crippen MR) is 107 cm³/mol. The van der Waals surface area contributed by atoms with Gasteiger partial charge in [-0.05, 0) is 31.2 Å². The van der Waals surface area contributed by atoms with E-state index in [1.807, 2.05) is 23.1 Å². The average molecular weight is 375 g/mol. The topological polar surface area (TPSA) is 40.6 Å². The standard InChI is InChI=1S/C21H30N2O2S/c1-2-3-5-10-19(24)22-15-12-21(13-16-22)23(20(25)17-26-21)14-11-18-8-6-4-7-9-18/h4,6-9H,2-3,5,10-17H2,1H3. The second-order valence-corrected chi connectivity index (χ2v) is 8.69. The molecule has 2 saturated heterocycles. The molecule has 3 rings (SSSR count). The fraction of sp³-hybridized carbons (Fsp3) is 0.619. The van der Waals surface area contributed by atoms with Gasteiger partial charge in [-0.3, -0.25) is 9.59 Å². The summed E-state index contributed by atoms with van der Waals surface area (Å²) in [6.07, 6.45) is 6.63. The number of likely N-dealkylation sites (tertiary alicyclic amines) is 1. The third-order valence-electron chi connectivity index (χ3n) is 5.62. The molecular formula is C21H30N2O2S. The van der Waals surface area contributed by atoms with E-state index in [1.54, 1.807) is 11.8 Å². The second kappa shape index (κ2) is 8.94. The monoisotopic (exact) mass is 374 g/mol. The van der Waals surface area contributed by atoms with Crippen molar-refractivity contribution in [2.45, 2.75) is 56.7 Å². The highest BCUT2D eigenvalue weighted by Gasteiger charge is 2.47. The lowest BCUT2D eigenvalue weighted by Crippen LogP contribution is -2.53. The van der Waals surface area contributed by atoms with Crippen LogP contribution < -0.4 is 0 Å². The van der Waals surface area contributed by atoms with Crippen LogP contribution in [0.1, 0.15) is 51.0 Å². The first-order valence-electron chi connectivity index (χ1n) is 9.91. The van der Waals surface area contributed by atoms with Crippen molar-refractivity contribution in [3.05, 3.63) is 35.9 Å². The maximum atomic E-state index is 12.5. The summed E-state index contributed by atoms with van der Waals surface area (Å²) in [5, 5.41) is 0. The lowest BCUT2D eigenvalue weighted by atomic mass is 10.0. The molecule has 0 aliphatic carbocycles.